The zero-order valence-electron chi connectivity index (χ0n) is 24.4. The molecule has 1 heterocycles. The maximum Gasteiger partial charge on any atom is 0.317 e. The Morgan fingerprint density at radius 3 is 2.10 bits per heavy atom. The van der Waals surface area contributed by atoms with Crippen molar-refractivity contribution in [1.82, 2.24) is 9.80 Å². The summed E-state index contributed by atoms with van der Waals surface area (Å²) in [6.07, 6.45) is 15.6. The van der Waals surface area contributed by atoms with E-state index in [1.165, 1.54) is 108 Å². The number of aryl methyl sites for hydroxylation is 2. The van der Waals surface area contributed by atoms with E-state index in [9.17, 15) is 9.90 Å². The highest BCUT2D eigenvalue weighted by atomic mass is 16.4. The highest BCUT2D eigenvalue weighted by molar-refractivity contribution is 5.69. The Balaban J connectivity index is 0.000000519. The van der Waals surface area contributed by atoms with Gasteiger partial charge in [-0.15, -0.1) is 0 Å². The summed E-state index contributed by atoms with van der Waals surface area (Å²) in [5, 5.41) is 9.46. The number of hydrogen-bond donors (Lipinski definition) is 1. The van der Waals surface area contributed by atoms with E-state index in [0.29, 0.717) is 6.04 Å². The fourth-order valence-corrected chi connectivity index (χ4v) is 7.14. The van der Waals surface area contributed by atoms with Gasteiger partial charge in [-0.05, 0) is 101 Å². The number of carboxylic acid groups (broad SMARTS) is 1. The van der Waals surface area contributed by atoms with Crippen molar-refractivity contribution in [1.29, 1.82) is 0 Å². The van der Waals surface area contributed by atoms with Gasteiger partial charge >= 0.3 is 5.97 Å². The molecular formula is C35H52N2O2. The highest BCUT2D eigenvalue weighted by Gasteiger charge is 2.33. The summed E-state index contributed by atoms with van der Waals surface area (Å²) in [6.45, 7) is 7.16. The third kappa shape index (κ3) is 10.7. The SMILES string of the molecule is Cc1ccc(CCCC2CCN(CC3CCC(N(CC(=O)O)CC4CCCC4)C3)CC2)cc1.c1ccccc1. The van der Waals surface area contributed by atoms with Crippen LogP contribution in [0.4, 0.5) is 0 Å². The molecule has 0 radical (unpaired) electrons. The van der Waals surface area contributed by atoms with Crippen molar-refractivity contribution in [3.8, 4) is 0 Å². The van der Waals surface area contributed by atoms with E-state index in [4.69, 9.17) is 0 Å². The first kappa shape index (κ1) is 29.8. The van der Waals surface area contributed by atoms with E-state index in [2.05, 4.69) is 41.0 Å². The minimum atomic E-state index is -0.652. The van der Waals surface area contributed by atoms with Crippen LogP contribution in [0.3, 0.4) is 0 Å². The number of piperidine rings is 1. The van der Waals surface area contributed by atoms with Crippen molar-refractivity contribution in [3.63, 3.8) is 0 Å². The number of rotatable bonds is 11. The summed E-state index contributed by atoms with van der Waals surface area (Å²) in [6, 6.07) is 21.5. The summed E-state index contributed by atoms with van der Waals surface area (Å²) in [5.74, 6) is 1.74. The van der Waals surface area contributed by atoms with Gasteiger partial charge in [0.05, 0.1) is 6.54 Å². The summed E-state index contributed by atoms with van der Waals surface area (Å²) in [5.41, 5.74) is 2.84. The Morgan fingerprint density at radius 1 is 0.846 bits per heavy atom. The Bertz CT molecular complexity index is 906. The van der Waals surface area contributed by atoms with E-state index >= 15 is 0 Å². The highest BCUT2D eigenvalue weighted by Crippen LogP contribution is 2.34. The molecule has 214 valence electrons. The molecule has 2 aromatic carbocycles. The molecule has 4 nitrogen and oxygen atoms in total. The van der Waals surface area contributed by atoms with Gasteiger partial charge in [0.2, 0.25) is 0 Å². The quantitative estimate of drug-likeness (QED) is 0.326. The van der Waals surface area contributed by atoms with Gasteiger partial charge in [-0.2, -0.15) is 0 Å². The van der Waals surface area contributed by atoms with Gasteiger partial charge in [0.1, 0.15) is 0 Å². The number of nitrogens with zero attached hydrogens (tertiary/aromatic N) is 2. The molecule has 3 fully saturated rings. The maximum absolute atomic E-state index is 11.5. The first-order valence-electron chi connectivity index (χ1n) is 15.8. The van der Waals surface area contributed by atoms with Crippen molar-refractivity contribution in [2.45, 2.75) is 90.0 Å². The Morgan fingerprint density at radius 2 is 1.49 bits per heavy atom. The smallest absolute Gasteiger partial charge is 0.317 e. The molecule has 2 aliphatic carbocycles. The second-order valence-corrected chi connectivity index (χ2v) is 12.6. The van der Waals surface area contributed by atoms with E-state index < -0.39 is 5.97 Å². The van der Waals surface area contributed by atoms with Gasteiger partial charge < -0.3 is 10.0 Å². The molecule has 0 spiro atoms. The molecule has 0 aromatic heterocycles. The van der Waals surface area contributed by atoms with Gasteiger partial charge in [-0.3, -0.25) is 9.69 Å². The molecule has 2 saturated carbocycles. The lowest BCUT2D eigenvalue weighted by Gasteiger charge is -2.34. The lowest BCUT2D eigenvalue weighted by molar-refractivity contribution is -0.139. The van der Waals surface area contributed by atoms with E-state index in [-0.39, 0.29) is 6.54 Å². The number of carboxylic acids is 1. The second-order valence-electron chi connectivity index (χ2n) is 12.6. The lowest BCUT2D eigenvalue weighted by Crippen LogP contribution is -2.41. The first-order chi connectivity index (χ1) is 19.0. The van der Waals surface area contributed by atoms with Crippen LogP contribution in [0.25, 0.3) is 0 Å². The summed E-state index contributed by atoms with van der Waals surface area (Å²) < 4.78 is 0. The van der Waals surface area contributed by atoms with E-state index in [0.717, 1.165) is 24.3 Å². The van der Waals surface area contributed by atoms with Gasteiger partial charge in [-0.1, -0.05) is 85.5 Å². The van der Waals surface area contributed by atoms with Crippen LogP contribution < -0.4 is 0 Å². The molecule has 0 amide bonds. The van der Waals surface area contributed by atoms with Gasteiger partial charge in [0.25, 0.3) is 0 Å². The van der Waals surface area contributed by atoms with Crippen LogP contribution in [-0.4, -0.2) is 59.6 Å². The lowest BCUT2D eigenvalue weighted by atomic mass is 9.90. The van der Waals surface area contributed by atoms with E-state index in [1.807, 2.05) is 36.4 Å². The molecule has 39 heavy (non-hydrogen) atoms. The first-order valence-corrected chi connectivity index (χ1v) is 15.8. The van der Waals surface area contributed by atoms with Crippen LogP contribution in [0, 0.1) is 24.7 Å². The molecule has 2 aromatic rings. The second kappa shape index (κ2) is 16.2. The largest absolute Gasteiger partial charge is 0.480 e. The van der Waals surface area contributed by atoms with Gasteiger partial charge in [-0.25, -0.2) is 0 Å². The molecule has 1 N–H and O–H groups in total. The molecule has 3 aliphatic rings. The van der Waals surface area contributed by atoms with Crippen LogP contribution in [-0.2, 0) is 11.2 Å². The molecule has 2 atom stereocenters. The van der Waals surface area contributed by atoms with Crippen LogP contribution in [0.2, 0.25) is 0 Å². The minimum Gasteiger partial charge on any atom is -0.480 e. The third-order valence-corrected chi connectivity index (χ3v) is 9.42. The monoisotopic (exact) mass is 532 g/mol. The molecule has 4 heteroatoms. The number of benzene rings is 2. The number of aliphatic carboxylic acids is 1. The molecular weight excluding hydrogens is 480 g/mol. The van der Waals surface area contributed by atoms with Crippen LogP contribution in [0.5, 0.6) is 0 Å². The maximum atomic E-state index is 11.5. The van der Waals surface area contributed by atoms with E-state index in [1.54, 1.807) is 0 Å². The van der Waals surface area contributed by atoms with Crippen molar-refractivity contribution < 1.29 is 9.90 Å². The topological polar surface area (TPSA) is 43.8 Å². The standard InChI is InChI=1S/C29H46N2O2.C6H6/c1-23-9-11-24(12-10-23)7-4-8-25-15-17-30(18-16-25)20-27-13-14-28(19-27)31(22-29(32)33)21-26-5-2-3-6-26;1-2-4-6-5-3-1/h9-12,25-28H,2-8,13-22H2,1H3,(H,32,33);1-6H. The molecule has 2 unspecified atom stereocenters. The number of hydrogen-bond acceptors (Lipinski definition) is 3. The van der Waals surface area contributed by atoms with Crippen LogP contribution in [0.15, 0.2) is 60.7 Å². The minimum absolute atomic E-state index is 0.238. The Kier molecular flexibility index (Phi) is 12.4. The molecule has 5 rings (SSSR count). The van der Waals surface area contributed by atoms with Crippen molar-refractivity contribution in [2.75, 3.05) is 32.7 Å². The molecule has 1 aliphatic heterocycles. The number of carbonyl (C=O) groups is 1. The molecule has 1 saturated heterocycles. The van der Waals surface area contributed by atoms with Crippen molar-refractivity contribution >= 4 is 5.97 Å². The number of likely N-dealkylation sites (tertiary alicyclic amines) is 1. The fraction of sp³-hybridized carbons (Fsp3) is 0.629. The average Bonchev–Trinajstić information content (AvgIpc) is 3.64. The van der Waals surface area contributed by atoms with Gasteiger partial charge in [0, 0.05) is 19.1 Å². The zero-order chi connectivity index (χ0) is 27.3. The average molecular weight is 533 g/mol. The summed E-state index contributed by atoms with van der Waals surface area (Å²) in [4.78, 5) is 16.5. The predicted octanol–water partition coefficient (Wildman–Crippen LogP) is 7.46. The van der Waals surface area contributed by atoms with Gasteiger partial charge in [0.15, 0.2) is 0 Å². The predicted molar refractivity (Wildman–Crippen MR) is 162 cm³/mol. The Hall–Kier alpha value is -2.17. The summed E-state index contributed by atoms with van der Waals surface area (Å²) >= 11 is 0. The molecule has 0 bridgehead atoms. The summed E-state index contributed by atoms with van der Waals surface area (Å²) in [7, 11) is 0. The van der Waals surface area contributed by atoms with Crippen LogP contribution >= 0.6 is 0 Å². The van der Waals surface area contributed by atoms with Crippen molar-refractivity contribution in [2.24, 2.45) is 17.8 Å². The zero-order valence-corrected chi connectivity index (χ0v) is 24.4. The van der Waals surface area contributed by atoms with Crippen LogP contribution in [0.1, 0.15) is 81.8 Å². The fourth-order valence-electron chi connectivity index (χ4n) is 7.14. The third-order valence-electron chi connectivity index (χ3n) is 9.42. The van der Waals surface area contributed by atoms with Crippen molar-refractivity contribution in [3.05, 3.63) is 71.8 Å². The normalized spacial score (nSPS) is 22.6. The Labute approximate surface area is 237 Å².